The average molecular weight is 1420 g/mol. The molecule has 0 heterocycles. The van der Waals surface area contributed by atoms with Gasteiger partial charge in [-0.1, -0.05) is 0 Å². The van der Waals surface area contributed by atoms with Crippen LogP contribution in [0.25, 0.3) is 0 Å². The summed E-state index contributed by atoms with van der Waals surface area (Å²) < 4.78 is 68.0. The summed E-state index contributed by atoms with van der Waals surface area (Å²) in [6.07, 6.45) is -4.05. The third kappa shape index (κ3) is 22.8. The molecule has 102 heavy (non-hydrogen) atoms. The molecule has 0 atom stereocenters. The zero-order valence-corrected chi connectivity index (χ0v) is 52.4. The number of hydrogen-bond donors (Lipinski definition) is 0. The number of carbonyl (C=O) groups is 12. The lowest BCUT2D eigenvalue weighted by atomic mass is 9.92. The van der Waals surface area contributed by atoms with E-state index in [4.69, 9.17) is 56.8 Å². The van der Waals surface area contributed by atoms with E-state index in [9.17, 15) is 119 Å². The Morgan fingerprint density at radius 1 is 0.167 bits per heavy atom. The van der Waals surface area contributed by atoms with Crippen LogP contribution in [0, 0.1) is 0 Å². The van der Waals surface area contributed by atoms with E-state index in [1.807, 2.05) is 0 Å². The summed E-state index contributed by atoms with van der Waals surface area (Å²) in [6, 6.07) is 12.6. The minimum absolute atomic E-state index is 0.221. The van der Waals surface area contributed by atoms with E-state index < -0.39 is 258 Å². The summed E-state index contributed by atoms with van der Waals surface area (Å²) in [6.45, 7) is -15.1. The Bertz CT molecular complexity index is 3310. The van der Waals surface area contributed by atoms with Gasteiger partial charge in [-0.05, 0) is 72.8 Å². The summed E-state index contributed by atoms with van der Waals surface area (Å²) in [5.41, 5.74) is -2.66. The van der Waals surface area contributed by atoms with Crippen molar-refractivity contribution < 1.29 is 176 Å². The summed E-state index contributed by atoms with van der Waals surface area (Å²) in [5.74, 6) is -27.7. The maximum absolute atomic E-state index is 12.1. The van der Waals surface area contributed by atoms with Crippen molar-refractivity contribution in [1.29, 1.82) is 0 Å². The molecule has 0 aromatic heterocycles. The second kappa shape index (κ2) is 35.2. The van der Waals surface area contributed by atoms with Crippen LogP contribution >= 0.6 is 0 Å². The zero-order valence-electron chi connectivity index (χ0n) is 52.4. The predicted molar refractivity (Wildman–Crippen MR) is 302 cm³/mol. The van der Waals surface area contributed by atoms with Gasteiger partial charge in [0.1, 0.15) is 148 Å². The van der Waals surface area contributed by atoms with Gasteiger partial charge in [-0.25, -0.2) is 0 Å². The second-order valence-corrected chi connectivity index (χ2v) is 21.4. The summed E-state index contributed by atoms with van der Waals surface area (Å²) >= 11 is 0. The van der Waals surface area contributed by atoms with Crippen LogP contribution in [0.15, 0.2) is 72.8 Å². The van der Waals surface area contributed by atoms with Crippen molar-refractivity contribution in [1.82, 2.24) is 0 Å². The molecule has 0 saturated heterocycles. The molecular weight excluding hydrogens is 1370 g/mol. The van der Waals surface area contributed by atoms with Gasteiger partial charge >= 0.3 is 0 Å². The maximum Gasteiger partial charge on any atom is 0.128 e. The van der Waals surface area contributed by atoms with Crippen molar-refractivity contribution in [2.24, 2.45) is 0 Å². The molecule has 16 aliphatic carbocycles. The largest absolute Gasteiger partial charge is 0.546 e. The predicted octanol–water partition coefficient (Wildman–Crippen LogP) is -12.9. The van der Waals surface area contributed by atoms with E-state index in [2.05, 4.69) is 0 Å². The number of aliphatic carboxylic acids is 12. The molecule has 0 N–H and O–H groups in total. The molecule has 12 bridgehead atoms. The van der Waals surface area contributed by atoms with Crippen LogP contribution in [-0.2, 0) is 96.1 Å². The molecule has 0 fully saturated rings. The van der Waals surface area contributed by atoms with Crippen molar-refractivity contribution in [3.63, 3.8) is 0 Å². The Kier molecular flexibility index (Phi) is 26.2. The van der Waals surface area contributed by atoms with Crippen LogP contribution in [0.2, 0.25) is 0 Å². The fourth-order valence-corrected chi connectivity index (χ4v) is 10.0. The summed E-state index contributed by atoms with van der Waals surface area (Å²) in [7, 11) is 0. The molecule has 36 heteroatoms. The van der Waals surface area contributed by atoms with Gasteiger partial charge in [0.05, 0.1) is 71.6 Å². The van der Waals surface area contributed by atoms with Crippen molar-refractivity contribution in [3.8, 4) is 69.0 Å². The van der Waals surface area contributed by atoms with Crippen LogP contribution in [0.5, 0.6) is 69.0 Å². The average Bonchev–Trinajstić information content (AvgIpc) is 0.789. The highest BCUT2D eigenvalue weighted by Crippen LogP contribution is 2.44. The molecule has 0 unspecified atom stereocenters. The molecule has 0 amide bonds. The number of carbonyl (C=O) groups excluding carboxylic acids is 12. The van der Waals surface area contributed by atoms with Crippen molar-refractivity contribution in [2.45, 2.75) is 38.5 Å². The lowest BCUT2D eigenvalue weighted by molar-refractivity contribution is -0.308. The van der Waals surface area contributed by atoms with Gasteiger partial charge in [0, 0.05) is 105 Å². The molecule has 540 valence electrons. The molecule has 6 aromatic rings. The Morgan fingerprint density at radius 3 is 0.294 bits per heavy atom. The summed E-state index contributed by atoms with van der Waals surface area (Å²) in [4.78, 5) is 145. The minimum atomic E-state index is -1.85. The number of rotatable bonds is 36. The van der Waals surface area contributed by atoms with Crippen LogP contribution in [0.1, 0.15) is 66.8 Å². The molecule has 0 aliphatic heterocycles. The van der Waals surface area contributed by atoms with E-state index in [0.717, 1.165) is 72.8 Å². The van der Waals surface area contributed by atoms with Gasteiger partial charge in [0.2, 0.25) is 0 Å². The van der Waals surface area contributed by atoms with E-state index >= 15 is 0 Å². The molecule has 16 aliphatic rings. The van der Waals surface area contributed by atoms with Crippen molar-refractivity contribution in [2.75, 3.05) is 79.3 Å². The van der Waals surface area contributed by atoms with Crippen molar-refractivity contribution in [3.05, 3.63) is 140 Å². The smallest absolute Gasteiger partial charge is 0.128 e. The molecular formula is C66H48O36-12. The van der Waals surface area contributed by atoms with Crippen molar-refractivity contribution >= 4 is 71.6 Å². The Labute approximate surface area is 571 Å². The first kappa shape index (κ1) is 75.9. The van der Waals surface area contributed by atoms with Gasteiger partial charge in [-0.15, -0.1) is 0 Å². The van der Waals surface area contributed by atoms with E-state index in [-0.39, 0.29) is 66.8 Å². The maximum atomic E-state index is 12.1. The third-order valence-corrected chi connectivity index (χ3v) is 13.9. The lowest BCUT2D eigenvalue weighted by Crippen LogP contribution is -2.30. The number of benzene rings is 6. The Morgan fingerprint density at radius 2 is 0.235 bits per heavy atom. The number of hydrogen-bond acceptors (Lipinski definition) is 36. The van der Waals surface area contributed by atoms with Gasteiger partial charge in [-0.3, -0.25) is 0 Å². The fraction of sp³-hybridized carbons (Fsp3) is 0.273. The molecule has 0 radical (unpaired) electrons. The number of carboxylic acid groups (broad SMARTS) is 12. The highest BCUT2D eigenvalue weighted by atomic mass is 16.6. The highest BCUT2D eigenvalue weighted by Gasteiger charge is 2.27. The van der Waals surface area contributed by atoms with Gasteiger partial charge in [0.25, 0.3) is 0 Å². The van der Waals surface area contributed by atoms with Crippen LogP contribution in [0.4, 0.5) is 0 Å². The Hall–Kier alpha value is -13.4. The lowest BCUT2D eigenvalue weighted by Gasteiger charge is -2.24. The first-order chi connectivity index (χ1) is 48.4. The fourth-order valence-electron chi connectivity index (χ4n) is 10.0. The standard InChI is InChI=1S/C66H60O36/c67-55(68)19-91-43-9-33-2-35-11-49(97-25-61(79)80)37(13-47(35)95-23-59(75)76)4-39-15-53(101-29-65(87)88)41(17-51(39)99-27-63(83)84)6-42-18-52(100-28-64(85)86)40(16-54(42)102-30-66(89)90)5-38-14-48(96-24-60(77)78)36(12-50(38)98-26-62(81)82)3-34-10-44(92-20-56(69)70)32(8-46(34)94-22-58(73)74)1-31(43)7-45(33)93-21-57(71)72/h7-18H,1-6,19-30H2,(H,67,68)(H,69,70)(H,71,72)(H,73,74)(H,75,76)(H,77,78)(H,79,80)(H,81,82)(H,83,84)(H,85,86)(H,87,88)(H,89,90)/p-12. The Balaban J connectivity index is 1.66. The van der Waals surface area contributed by atoms with E-state index in [0.29, 0.717) is 0 Å². The number of ether oxygens (including phenoxy) is 12. The summed E-state index contributed by atoms with van der Waals surface area (Å²) in [5, 5.41) is 145. The van der Waals surface area contributed by atoms with Gasteiger partial charge in [-0.2, -0.15) is 0 Å². The van der Waals surface area contributed by atoms with Crippen LogP contribution in [-0.4, -0.2) is 151 Å². The minimum Gasteiger partial charge on any atom is -0.546 e. The molecule has 6 aromatic carbocycles. The van der Waals surface area contributed by atoms with E-state index in [1.165, 1.54) is 0 Å². The normalized spacial score (nSPS) is 11.5. The molecule has 22 rings (SSSR count). The highest BCUT2D eigenvalue weighted by molar-refractivity contribution is 5.73. The molecule has 0 saturated carbocycles. The topological polar surface area (TPSA) is 592 Å². The third-order valence-electron chi connectivity index (χ3n) is 13.9. The van der Waals surface area contributed by atoms with Gasteiger partial charge < -0.3 is 176 Å². The monoisotopic (exact) mass is 1420 g/mol. The van der Waals surface area contributed by atoms with E-state index in [1.54, 1.807) is 0 Å². The molecule has 36 nitrogen and oxygen atoms in total. The first-order valence-corrected chi connectivity index (χ1v) is 29.2. The van der Waals surface area contributed by atoms with Crippen LogP contribution in [0.3, 0.4) is 0 Å². The first-order valence-electron chi connectivity index (χ1n) is 29.2. The van der Waals surface area contributed by atoms with Gasteiger partial charge in [0.15, 0.2) is 0 Å². The number of carboxylic acids is 12. The quantitative estimate of drug-likeness (QED) is 0.0352. The molecule has 0 spiro atoms. The van der Waals surface area contributed by atoms with Crippen LogP contribution < -0.4 is 118 Å². The zero-order chi connectivity index (χ0) is 74.5. The second-order valence-electron chi connectivity index (χ2n) is 21.4. The SMILES string of the molecule is O=C([O-])COc1cc2c(OCC(=O)[O-])cc1Cc1cc(OCC(=O)[O-])c(cc1OCC(=O)[O-])Cc1cc(OCC(=O)[O-])c(cc1OCC(=O)[O-])Cc1cc(OCC(=O)[O-])c(cc1OCC(=O)[O-])Cc1cc(OCC(=O)[O-])c(cc1OCC(=O)[O-])Cc1cc(OCC(=O)[O-])c(cc1OCC(=O)[O-])C2.